The standard InChI is InChI=1S/C11H17BrN2O3/c1-3-17-10(15)9-7(2)13-11(16)14-8(9)5-4-6-12/h7H,3-6H2,1-2H3,(H2,13,14,16). The maximum absolute atomic E-state index is 11.8. The summed E-state index contributed by atoms with van der Waals surface area (Å²) in [6.07, 6.45) is 1.50. The van der Waals surface area contributed by atoms with E-state index in [1.54, 1.807) is 13.8 Å². The lowest BCUT2D eigenvalue weighted by Gasteiger charge is -2.26. The second kappa shape index (κ2) is 6.64. The Morgan fingerprint density at radius 2 is 2.24 bits per heavy atom. The number of hydrogen-bond acceptors (Lipinski definition) is 3. The number of ether oxygens (including phenoxy) is 1. The van der Waals surface area contributed by atoms with E-state index in [-0.39, 0.29) is 18.0 Å². The van der Waals surface area contributed by atoms with Gasteiger partial charge in [0.2, 0.25) is 0 Å². The average molecular weight is 305 g/mol. The van der Waals surface area contributed by atoms with Gasteiger partial charge in [-0.3, -0.25) is 0 Å². The lowest BCUT2D eigenvalue weighted by molar-refractivity contribution is -0.139. The molecule has 0 aromatic heterocycles. The molecule has 0 saturated heterocycles. The van der Waals surface area contributed by atoms with Crippen LogP contribution < -0.4 is 10.6 Å². The van der Waals surface area contributed by atoms with Crippen molar-refractivity contribution in [2.24, 2.45) is 0 Å². The second-order valence-corrected chi connectivity index (χ2v) is 4.52. The molecule has 1 rings (SSSR count). The summed E-state index contributed by atoms with van der Waals surface area (Å²) in [5.41, 5.74) is 1.19. The van der Waals surface area contributed by atoms with Crippen LogP contribution in [0.15, 0.2) is 11.3 Å². The van der Waals surface area contributed by atoms with Gasteiger partial charge >= 0.3 is 12.0 Å². The molecular formula is C11H17BrN2O3. The molecular weight excluding hydrogens is 288 g/mol. The topological polar surface area (TPSA) is 67.4 Å². The summed E-state index contributed by atoms with van der Waals surface area (Å²) in [5, 5.41) is 6.16. The molecule has 2 N–H and O–H groups in total. The highest BCUT2D eigenvalue weighted by atomic mass is 79.9. The predicted octanol–water partition coefficient (Wildman–Crippen LogP) is 1.68. The fraction of sp³-hybridized carbons (Fsp3) is 0.636. The van der Waals surface area contributed by atoms with E-state index < -0.39 is 0 Å². The third kappa shape index (κ3) is 3.73. The third-order valence-electron chi connectivity index (χ3n) is 2.43. The van der Waals surface area contributed by atoms with Crippen molar-refractivity contribution >= 4 is 27.9 Å². The van der Waals surface area contributed by atoms with E-state index in [1.807, 2.05) is 0 Å². The summed E-state index contributed by atoms with van der Waals surface area (Å²) in [6.45, 7) is 3.87. The first-order chi connectivity index (χ1) is 8.10. The molecule has 0 fully saturated rings. The highest BCUT2D eigenvalue weighted by Crippen LogP contribution is 2.18. The van der Waals surface area contributed by atoms with Crippen molar-refractivity contribution in [1.29, 1.82) is 0 Å². The van der Waals surface area contributed by atoms with Crippen LogP contribution in [0.5, 0.6) is 0 Å². The summed E-state index contributed by atoms with van der Waals surface area (Å²) in [6, 6.07) is -0.580. The van der Waals surface area contributed by atoms with E-state index in [2.05, 4.69) is 26.6 Å². The molecule has 2 amide bonds. The zero-order valence-electron chi connectivity index (χ0n) is 10.0. The van der Waals surface area contributed by atoms with Gasteiger partial charge in [-0.1, -0.05) is 15.9 Å². The molecule has 0 radical (unpaired) electrons. The molecule has 1 atom stereocenters. The van der Waals surface area contributed by atoms with Gasteiger partial charge in [0.25, 0.3) is 0 Å². The first kappa shape index (κ1) is 14.0. The Bertz CT molecular complexity index is 342. The Balaban J connectivity index is 2.93. The number of nitrogens with one attached hydrogen (secondary N) is 2. The molecule has 5 nitrogen and oxygen atoms in total. The molecule has 1 heterocycles. The molecule has 96 valence electrons. The minimum Gasteiger partial charge on any atom is -0.463 e. The lowest BCUT2D eigenvalue weighted by atomic mass is 10.0. The van der Waals surface area contributed by atoms with Crippen molar-refractivity contribution < 1.29 is 14.3 Å². The molecule has 0 aromatic rings. The monoisotopic (exact) mass is 304 g/mol. The van der Waals surface area contributed by atoms with E-state index >= 15 is 0 Å². The SMILES string of the molecule is CCOC(=O)C1=C(CCCBr)NC(=O)NC1C. The number of urea groups is 1. The highest BCUT2D eigenvalue weighted by Gasteiger charge is 2.29. The molecule has 6 heteroatoms. The maximum atomic E-state index is 11.8. The van der Waals surface area contributed by atoms with Crippen LogP contribution in [0, 0.1) is 0 Å². The second-order valence-electron chi connectivity index (χ2n) is 3.73. The van der Waals surface area contributed by atoms with Crippen molar-refractivity contribution in [2.75, 3.05) is 11.9 Å². The molecule has 1 aliphatic heterocycles. The van der Waals surface area contributed by atoms with E-state index in [0.29, 0.717) is 24.3 Å². The first-order valence-electron chi connectivity index (χ1n) is 5.63. The van der Waals surface area contributed by atoms with Crippen molar-refractivity contribution in [2.45, 2.75) is 32.7 Å². The van der Waals surface area contributed by atoms with Gasteiger partial charge in [0.15, 0.2) is 0 Å². The van der Waals surface area contributed by atoms with Gasteiger partial charge < -0.3 is 15.4 Å². The van der Waals surface area contributed by atoms with Crippen LogP contribution in [0.25, 0.3) is 0 Å². The summed E-state index contributed by atoms with van der Waals surface area (Å²) in [5.74, 6) is -0.364. The summed E-state index contributed by atoms with van der Waals surface area (Å²) < 4.78 is 5.00. The van der Waals surface area contributed by atoms with Crippen LogP contribution in [-0.2, 0) is 9.53 Å². The third-order valence-corrected chi connectivity index (χ3v) is 2.99. The van der Waals surface area contributed by atoms with Crippen LogP contribution in [0.4, 0.5) is 4.79 Å². The number of amides is 2. The quantitative estimate of drug-likeness (QED) is 0.600. The van der Waals surface area contributed by atoms with Gasteiger partial charge in [-0.25, -0.2) is 9.59 Å². The zero-order valence-corrected chi connectivity index (χ0v) is 11.6. The van der Waals surface area contributed by atoms with Crippen molar-refractivity contribution in [3.63, 3.8) is 0 Å². The van der Waals surface area contributed by atoms with Gasteiger partial charge in [0.05, 0.1) is 18.2 Å². The minimum atomic E-state index is -0.364. The first-order valence-corrected chi connectivity index (χ1v) is 6.76. The van der Waals surface area contributed by atoms with Crippen molar-refractivity contribution in [3.8, 4) is 0 Å². The number of carbonyl (C=O) groups excluding carboxylic acids is 2. The number of carbonyl (C=O) groups is 2. The number of esters is 1. The Kier molecular flexibility index (Phi) is 5.47. The van der Waals surface area contributed by atoms with Crippen molar-refractivity contribution in [1.82, 2.24) is 10.6 Å². The number of halogens is 1. The lowest BCUT2D eigenvalue weighted by Crippen LogP contribution is -2.49. The molecule has 0 aliphatic carbocycles. The number of rotatable bonds is 5. The van der Waals surface area contributed by atoms with Crippen LogP contribution >= 0.6 is 15.9 Å². The molecule has 0 aromatic carbocycles. The van der Waals surface area contributed by atoms with Crippen LogP contribution in [-0.4, -0.2) is 30.0 Å². The van der Waals surface area contributed by atoms with Crippen LogP contribution in [0.2, 0.25) is 0 Å². The molecule has 0 spiro atoms. The fourth-order valence-electron chi connectivity index (χ4n) is 1.72. The summed E-state index contributed by atoms with van der Waals surface area (Å²) >= 11 is 3.33. The van der Waals surface area contributed by atoms with Gasteiger partial charge in [-0.15, -0.1) is 0 Å². The van der Waals surface area contributed by atoms with Crippen molar-refractivity contribution in [3.05, 3.63) is 11.3 Å². The van der Waals surface area contributed by atoms with Crippen LogP contribution in [0.1, 0.15) is 26.7 Å². The van der Waals surface area contributed by atoms with Crippen LogP contribution in [0.3, 0.4) is 0 Å². The molecule has 1 unspecified atom stereocenters. The molecule has 0 saturated carbocycles. The number of hydrogen-bond donors (Lipinski definition) is 2. The Morgan fingerprint density at radius 1 is 1.53 bits per heavy atom. The number of allylic oxidation sites excluding steroid dienone is 1. The van der Waals surface area contributed by atoms with E-state index in [1.165, 1.54) is 0 Å². The Hall–Kier alpha value is -1.04. The Labute approximate surface area is 109 Å². The smallest absolute Gasteiger partial charge is 0.337 e. The largest absolute Gasteiger partial charge is 0.463 e. The predicted molar refractivity (Wildman–Crippen MR) is 67.8 cm³/mol. The number of alkyl halides is 1. The molecule has 1 aliphatic rings. The Morgan fingerprint density at radius 3 is 2.82 bits per heavy atom. The normalized spacial score (nSPS) is 19.7. The van der Waals surface area contributed by atoms with Gasteiger partial charge in [0.1, 0.15) is 0 Å². The minimum absolute atomic E-state index is 0.268. The van der Waals surface area contributed by atoms with Gasteiger partial charge in [0, 0.05) is 11.0 Å². The zero-order chi connectivity index (χ0) is 12.8. The summed E-state index contributed by atoms with van der Waals surface area (Å²) in [7, 11) is 0. The highest BCUT2D eigenvalue weighted by molar-refractivity contribution is 9.09. The molecule has 17 heavy (non-hydrogen) atoms. The van der Waals surface area contributed by atoms with Gasteiger partial charge in [-0.2, -0.15) is 0 Å². The fourth-order valence-corrected chi connectivity index (χ4v) is 2.00. The van der Waals surface area contributed by atoms with Gasteiger partial charge in [-0.05, 0) is 26.7 Å². The maximum Gasteiger partial charge on any atom is 0.337 e. The molecule has 0 bridgehead atoms. The van der Waals surface area contributed by atoms with E-state index in [4.69, 9.17) is 4.74 Å². The van der Waals surface area contributed by atoms with E-state index in [0.717, 1.165) is 11.8 Å². The summed E-state index contributed by atoms with van der Waals surface area (Å²) in [4.78, 5) is 23.2. The average Bonchev–Trinajstić information content (AvgIpc) is 2.25. The van der Waals surface area contributed by atoms with E-state index in [9.17, 15) is 9.59 Å².